The van der Waals surface area contributed by atoms with Gasteiger partial charge < -0.3 is 15.1 Å². The lowest BCUT2D eigenvalue weighted by Gasteiger charge is -2.19. The average Bonchev–Trinajstić information content (AvgIpc) is 3.48. The first kappa shape index (κ1) is 18.5. The molecule has 1 amide bonds. The molecule has 0 saturated carbocycles. The maximum absolute atomic E-state index is 12.6. The van der Waals surface area contributed by atoms with Gasteiger partial charge in [-0.05, 0) is 59.1 Å². The van der Waals surface area contributed by atoms with Gasteiger partial charge in [0.25, 0.3) is 5.91 Å². The monoisotopic (exact) mass is 409 g/mol. The van der Waals surface area contributed by atoms with Crippen LogP contribution in [0.5, 0.6) is 0 Å². The Labute approximate surface area is 171 Å². The zero-order chi connectivity index (χ0) is 19.3. The van der Waals surface area contributed by atoms with Crippen LogP contribution in [0.25, 0.3) is 0 Å². The van der Waals surface area contributed by atoms with Gasteiger partial charge in [0.15, 0.2) is 5.76 Å². The second-order valence-corrected chi connectivity index (χ2v) is 8.05. The molecule has 0 spiro atoms. The molecule has 4 aromatic heterocycles. The topological polar surface area (TPSA) is 67.2 Å². The molecule has 1 atom stereocenters. The fourth-order valence-electron chi connectivity index (χ4n) is 2.89. The number of furan rings is 1. The summed E-state index contributed by atoms with van der Waals surface area (Å²) in [6.07, 6.45) is 4.16. The Hall–Kier alpha value is -2.90. The summed E-state index contributed by atoms with van der Waals surface area (Å²) in [5, 5.41) is 11.5. The number of pyridine rings is 1. The number of nitrogens with one attached hydrogen (secondary N) is 2. The van der Waals surface area contributed by atoms with Gasteiger partial charge in [-0.3, -0.25) is 4.79 Å². The molecule has 7 heteroatoms. The smallest absolute Gasteiger partial charge is 0.291 e. The molecule has 2 N–H and O–H groups in total. The fraction of sp³-hybridized carbons (Fsp3) is 0.143. The third-order valence-electron chi connectivity index (χ3n) is 4.28. The first-order valence-corrected chi connectivity index (χ1v) is 10.7. The third-order valence-corrected chi connectivity index (χ3v) is 6.19. The van der Waals surface area contributed by atoms with Crippen molar-refractivity contribution in [3.05, 3.63) is 87.4 Å². The van der Waals surface area contributed by atoms with E-state index in [1.807, 2.05) is 18.2 Å². The Bertz CT molecular complexity index is 1030. The highest BCUT2D eigenvalue weighted by atomic mass is 32.1. The van der Waals surface area contributed by atoms with Gasteiger partial charge >= 0.3 is 0 Å². The lowest BCUT2D eigenvalue weighted by atomic mass is 10.0. The van der Waals surface area contributed by atoms with Gasteiger partial charge in [-0.2, -0.15) is 11.3 Å². The molecule has 0 aliphatic carbocycles. The number of hydrogen-bond acceptors (Lipinski definition) is 6. The number of aryl methyl sites for hydroxylation is 1. The van der Waals surface area contributed by atoms with Crippen LogP contribution in [0.1, 0.15) is 39.5 Å². The highest BCUT2D eigenvalue weighted by molar-refractivity contribution is 7.16. The van der Waals surface area contributed by atoms with E-state index in [4.69, 9.17) is 4.42 Å². The Morgan fingerprint density at radius 2 is 2.18 bits per heavy atom. The summed E-state index contributed by atoms with van der Waals surface area (Å²) in [4.78, 5) is 18.2. The molecule has 0 radical (unpaired) electrons. The number of carbonyl (C=O) groups excluding carboxylic acids is 1. The number of nitrogens with zero attached hydrogens (tertiary/aromatic N) is 1. The maximum atomic E-state index is 12.6. The van der Waals surface area contributed by atoms with Crippen molar-refractivity contribution >= 4 is 39.4 Å². The number of rotatable bonds is 7. The summed E-state index contributed by atoms with van der Waals surface area (Å²) in [6.45, 7) is 2.11. The van der Waals surface area contributed by atoms with Crippen LogP contribution in [0.15, 0.2) is 70.1 Å². The zero-order valence-electron chi connectivity index (χ0n) is 15.2. The van der Waals surface area contributed by atoms with Crippen molar-refractivity contribution in [2.24, 2.45) is 0 Å². The summed E-state index contributed by atoms with van der Waals surface area (Å²) in [5.74, 6) is 0.825. The summed E-state index contributed by atoms with van der Waals surface area (Å²) < 4.78 is 5.24. The minimum atomic E-state index is -0.252. The van der Waals surface area contributed by atoms with E-state index in [9.17, 15) is 4.79 Å². The number of anilines is 2. The number of hydrogen-bond donors (Lipinski definition) is 2. The molecular weight excluding hydrogens is 390 g/mol. The summed E-state index contributed by atoms with van der Waals surface area (Å²) in [6, 6.07) is 13.3. The quantitative estimate of drug-likeness (QED) is 0.404. The second kappa shape index (κ2) is 8.41. The third kappa shape index (κ3) is 4.00. The predicted octanol–water partition coefficient (Wildman–Crippen LogP) is 5.81. The number of carbonyl (C=O) groups is 1. The van der Waals surface area contributed by atoms with Gasteiger partial charge in [-0.15, -0.1) is 11.3 Å². The van der Waals surface area contributed by atoms with E-state index in [1.165, 1.54) is 11.1 Å². The van der Waals surface area contributed by atoms with Gasteiger partial charge in [0.2, 0.25) is 0 Å². The van der Waals surface area contributed by atoms with Crippen LogP contribution in [0.3, 0.4) is 0 Å². The molecule has 0 aliphatic rings. The second-order valence-electron chi connectivity index (χ2n) is 6.13. The highest BCUT2D eigenvalue weighted by Crippen LogP contribution is 2.38. The van der Waals surface area contributed by atoms with Crippen molar-refractivity contribution in [3.63, 3.8) is 0 Å². The lowest BCUT2D eigenvalue weighted by molar-refractivity contribution is 0.0997. The summed E-state index contributed by atoms with van der Waals surface area (Å²) >= 11 is 3.23. The molecule has 5 nitrogen and oxygen atoms in total. The molecule has 28 heavy (non-hydrogen) atoms. The predicted molar refractivity (Wildman–Crippen MR) is 114 cm³/mol. The Balaban J connectivity index is 1.71. The zero-order valence-corrected chi connectivity index (χ0v) is 16.8. The van der Waals surface area contributed by atoms with Crippen molar-refractivity contribution in [2.75, 3.05) is 10.6 Å². The van der Waals surface area contributed by atoms with Gasteiger partial charge in [0, 0.05) is 16.6 Å². The van der Waals surface area contributed by atoms with E-state index in [-0.39, 0.29) is 11.9 Å². The molecule has 0 saturated heterocycles. The van der Waals surface area contributed by atoms with Crippen LogP contribution in [0.4, 0.5) is 10.8 Å². The Kier molecular flexibility index (Phi) is 5.55. The average molecular weight is 410 g/mol. The SMILES string of the molecule is CCc1cc(C(Nc2ccccn2)c2ccsc2)c(NC(=O)c2ccco2)s1. The molecular formula is C21H19N3O2S2. The van der Waals surface area contributed by atoms with Crippen LogP contribution in [-0.2, 0) is 6.42 Å². The number of amides is 1. The van der Waals surface area contributed by atoms with Crippen LogP contribution < -0.4 is 10.6 Å². The van der Waals surface area contributed by atoms with E-state index in [0.29, 0.717) is 5.76 Å². The molecule has 0 aromatic carbocycles. The van der Waals surface area contributed by atoms with Gasteiger partial charge in [0.1, 0.15) is 10.8 Å². The van der Waals surface area contributed by atoms with Crippen molar-refractivity contribution in [1.82, 2.24) is 4.98 Å². The van der Waals surface area contributed by atoms with E-state index in [1.54, 1.807) is 41.0 Å². The number of thiophene rings is 2. The highest BCUT2D eigenvalue weighted by Gasteiger charge is 2.23. The van der Waals surface area contributed by atoms with E-state index in [2.05, 4.69) is 45.4 Å². The van der Waals surface area contributed by atoms with Gasteiger partial charge in [-0.1, -0.05) is 13.0 Å². The molecule has 4 aromatic rings. The van der Waals surface area contributed by atoms with E-state index >= 15 is 0 Å². The van der Waals surface area contributed by atoms with Crippen molar-refractivity contribution in [1.29, 1.82) is 0 Å². The fourth-order valence-corrected chi connectivity index (χ4v) is 4.61. The van der Waals surface area contributed by atoms with Crippen molar-refractivity contribution in [3.8, 4) is 0 Å². The van der Waals surface area contributed by atoms with Crippen LogP contribution in [0, 0.1) is 0 Å². The largest absolute Gasteiger partial charge is 0.459 e. The van der Waals surface area contributed by atoms with Crippen LogP contribution in [-0.4, -0.2) is 10.9 Å². The maximum Gasteiger partial charge on any atom is 0.291 e. The van der Waals surface area contributed by atoms with Crippen LogP contribution >= 0.6 is 22.7 Å². The normalized spacial score (nSPS) is 11.9. The first-order chi connectivity index (χ1) is 13.7. The van der Waals surface area contributed by atoms with Gasteiger partial charge in [-0.25, -0.2) is 4.98 Å². The molecule has 142 valence electrons. The van der Waals surface area contributed by atoms with Gasteiger partial charge in [0.05, 0.1) is 12.3 Å². The summed E-state index contributed by atoms with van der Waals surface area (Å²) in [7, 11) is 0. The molecule has 0 aliphatic heterocycles. The standard InChI is InChI=1S/C21H19N3O2S2/c1-2-15-12-16(21(28-15)24-20(25)17-6-5-10-26-17)19(14-8-11-27-13-14)23-18-7-3-4-9-22-18/h3-13,19H,2H2,1H3,(H,22,23)(H,24,25). The Morgan fingerprint density at radius 1 is 1.25 bits per heavy atom. The molecule has 4 rings (SSSR count). The molecule has 0 fully saturated rings. The van der Waals surface area contributed by atoms with Crippen molar-refractivity contribution in [2.45, 2.75) is 19.4 Å². The Morgan fingerprint density at radius 3 is 2.86 bits per heavy atom. The molecule has 0 bridgehead atoms. The van der Waals surface area contributed by atoms with E-state index < -0.39 is 0 Å². The van der Waals surface area contributed by atoms with Crippen LogP contribution in [0.2, 0.25) is 0 Å². The molecule has 1 unspecified atom stereocenters. The van der Waals surface area contributed by atoms with E-state index in [0.717, 1.165) is 28.4 Å². The summed E-state index contributed by atoms with van der Waals surface area (Å²) in [5.41, 5.74) is 2.15. The first-order valence-electron chi connectivity index (χ1n) is 8.91. The molecule has 4 heterocycles. The van der Waals surface area contributed by atoms with Crippen molar-refractivity contribution < 1.29 is 9.21 Å². The minimum Gasteiger partial charge on any atom is -0.459 e. The number of aromatic nitrogens is 1. The minimum absolute atomic E-state index is 0.121. The lowest BCUT2D eigenvalue weighted by Crippen LogP contribution is -2.16.